The predicted molar refractivity (Wildman–Crippen MR) is 58.4 cm³/mol. The molecule has 8 heteroatoms. The maximum atomic E-state index is 11.2. The summed E-state index contributed by atoms with van der Waals surface area (Å²) in [6.45, 7) is 0. The molecule has 0 aliphatic carbocycles. The van der Waals surface area contributed by atoms with E-state index in [1.54, 1.807) is 23.1 Å². The summed E-state index contributed by atoms with van der Waals surface area (Å²) in [4.78, 5) is 15.3. The molecule has 0 radical (unpaired) electrons. The first-order valence-corrected chi connectivity index (χ1v) is 5.17. The van der Waals surface area contributed by atoms with Gasteiger partial charge in [-0.15, -0.1) is 0 Å². The van der Waals surface area contributed by atoms with Gasteiger partial charge in [0.1, 0.15) is 6.33 Å². The van der Waals surface area contributed by atoms with E-state index in [1.165, 1.54) is 10.7 Å². The van der Waals surface area contributed by atoms with Gasteiger partial charge in [0.15, 0.2) is 11.5 Å². The van der Waals surface area contributed by atoms with Crippen LogP contribution >= 0.6 is 15.9 Å². The minimum absolute atomic E-state index is 0.310. The first-order chi connectivity index (χ1) is 7.74. The Balaban J connectivity index is 2.22. The number of nitrogens with zero attached hydrogens (tertiary/aromatic N) is 5. The number of hydrogen-bond donors (Lipinski definition) is 1. The highest BCUT2D eigenvalue weighted by atomic mass is 79.9. The van der Waals surface area contributed by atoms with Crippen LogP contribution in [0.2, 0.25) is 0 Å². The fraction of sp³-hybridized carbons (Fsp3) is 0. The molecule has 0 bridgehead atoms. The van der Waals surface area contributed by atoms with E-state index in [0.29, 0.717) is 11.5 Å². The van der Waals surface area contributed by atoms with Crippen molar-refractivity contribution >= 4 is 21.6 Å². The third-order valence-electron chi connectivity index (χ3n) is 2.08. The topological polar surface area (TPSA) is 80.9 Å². The lowest BCUT2D eigenvalue weighted by atomic mass is 10.5. The van der Waals surface area contributed by atoms with Crippen LogP contribution in [-0.2, 0) is 0 Å². The van der Waals surface area contributed by atoms with Gasteiger partial charge < -0.3 is 0 Å². The summed E-state index contributed by atoms with van der Waals surface area (Å²) < 4.78 is 3.76. The second kappa shape index (κ2) is 3.27. The van der Waals surface area contributed by atoms with Gasteiger partial charge in [-0.25, -0.2) is 24.0 Å². The zero-order chi connectivity index (χ0) is 11.1. The number of halogens is 1. The Morgan fingerprint density at radius 3 is 3.06 bits per heavy atom. The highest BCUT2D eigenvalue weighted by Crippen LogP contribution is 2.10. The van der Waals surface area contributed by atoms with E-state index in [1.807, 2.05) is 0 Å². The minimum Gasteiger partial charge on any atom is -0.246 e. The summed E-state index contributed by atoms with van der Waals surface area (Å²) in [5.74, 6) is 0.595. The standard InChI is InChI=1S/C8H5BrN6O/c9-5-2-11-15(3-5)6-1-7-12-13-8(16)14(7)4-10-6/h1-4H,(H,13,16). The van der Waals surface area contributed by atoms with Crippen LogP contribution < -0.4 is 5.69 Å². The molecule has 0 aliphatic heterocycles. The largest absolute Gasteiger partial charge is 0.348 e. The molecule has 3 heterocycles. The van der Waals surface area contributed by atoms with Gasteiger partial charge in [-0.2, -0.15) is 10.2 Å². The van der Waals surface area contributed by atoms with Crippen molar-refractivity contribution in [2.24, 2.45) is 0 Å². The van der Waals surface area contributed by atoms with Crippen LogP contribution in [0.15, 0.2) is 34.1 Å². The zero-order valence-electron chi connectivity index (χ0n) is 7.83. The molecule has 3 aromatic rings. The van der Waals surface area contributed by atoms with Gasteiger partial charge in [0.05, 0.1) is 10.7 Å². The molecule has 3 aromatic heterocycles. The first kappa shape index (κ1) is 9.28. The highest BCUT2D eigenvalue weighted by Gasteiger charge is 2.04. The molecule has 0 aromatic carbocycles. The van der Waals surface area contributed by atoms with E-state index >= 15 is 0 Å². The van der Waals surface area contributed by atoms with Crippen LogP contribution in [0.4, 0.5) is 0 Å². The molecular formula is C8H5BrN6O. The van der Waals surface area contributed by atoms with Crippen molar-refractivity contribution in [2.45, 2.75) is 0 Å². The summed E-state index contributed by atoms with van der Waals surface area (Å²) in [7, 11) is 0. The number of rotatable bonds is 1. The van der Waals surface area contributed by atoms with Gasteiger partial charge in [-0.05, 0) is 15.9 Å². The molecule has 1 N–H and O–H groups in total. The molecule has 3 rings (SSSR count). The number of hydrogen-bond acceptors (Lipinski definition) is 4. The van der Waals surface area contributed by atoms with E-state index in [2.05, 4.69) is 36.2 Å². The minimum atomic E-state index is -0.310. The quantitative estimate of drug-likeness (QED) is 0.698. The Kier molecular flexibility index (Phi) is 1.90. The van der Waals surface area contributed by atoms with Crippen LogP contribution in [0.1, 0.15) is 0 Å². The van der Waals surface area contributed by atoms with Crippen molar-refractivity contribution in [3.05, 3.63) is 39.7 Å². The number of fused-ring (bicyclic) bond motifs is 1. The van der Waals surface area contributed by atoms with Crippen molar-refractivity contribution < 1.29 is 0 Å². The summed E-state index contributed by atoms with van der Waals surface area (Å²) >= 11 is 3.30. The summed E-state index contributed by atoms with van der Waals surface area (Å²) in [5, 5.41) is 10.3. The van der Waals surface area contributed by atoms with Crippen molar-refractivity contribution in [1.29, 1.82) is 0 Å². The van der Waals surface area contributed by atoms with E-state index in [4.69, 9.17) is 0 Å². The average Bonchev–Trinajstić information content (AvgIpc) is 2.86. The molecule has 0 spiro atoms. The monoisotopic (exact) mass is 280 g/mol. The molecule has 0 saturated heterocycles. The fourth-order valence-corrected chi connectivity index (χ4v) is 1.64. The van der Waals surface area contributed by atoms with E-state index in [-0.39, 0.29) is 5.69 Å². The third kappa shape index (κ3) is 1.34. The Bertz CT molecular complexity index is 710. The average molecular weight is 281 g/mol. The van der Waals surface area contributed by atoms with Gasteiger partial charge in [0.2, 0.25) is 0 Å². The van der Waals surface area contributed by atoms with E-state index in [0.717, 1.165) is 4.47 Å². The third-order valence-corrected chi connectivity index (χ3v) is 2.49. The smallest absolute Gasteiger partial charge is 0.246 e. The van der Waals surface area contributed by atoms with Crippen LogP contribution in [-0.4, -0.2) is 29.4 Å². The van der Waals surface area contributed by atoms with Crippen LogP contribution in [0.25, 0.3) is 11.5 Å². The van der Waals surface area contributed by atoms with Crippen molar-refractivity contribution in [3.8, 4) is 5.82 Å². The molecule has 0 amide bonds. The lowest BCUT2D eigenvalue weighted by molar-refractivity contribution is 0.834. The Labute approximate surface area is 96.9 Å². The molecular weight excluding hydrogens is 276 g/mol. The SMILES string of the molecule is O=c1[nH]nc2cc(-n3cc(Br)cn3)ncn12. The van der Waals surface area contributed by atoms with Crippen molar-refractivity contribution in [2.75, 3.05) is 0 Å². The molecule has 0 aliphatic rings. The van der Waals surface area contributed by atoms with Gasteiger partial charge in [0.25, 0.3) is 0 Å². The summed E-state index contributed by atoms with van der Waals surface area (Å²) in [6, 6.07) is 1.66. The second-order valence-corrected chi connectivity index (χ2v) is 4.02. The Hall–Kier alpha value is -1.96. The molecule has 0 unspecified atom stereocenters. The normalized spacial score (nSPS) is 11.1. The molecule has 0 saturated carbocycles. The maximum Gasteiger partial charge on any atom is 0.348 e. The second-order valence-electron chi connectivity index (χ2n) is 3.11. The lowest BCUT2D eigenvalue weighted by Gasteiger charge is -1.98. The highest BCUT2D eigenvalue weighted by molar-refractivity contribution is 9.10. The zero-order valence-corrected chi connectivity index (χ0v) is 9.42. The number of nitrogens with one attached hydrogen (secondary N) is 1. The molecule has 7 nitrogen and oxygen atoms in total. The van der Waals surface area contributed by atoms with Crippen LogP contribution in [0.5, 0.6) is 0 Å². The van der Waals surface area contributed by atoms with Gasteiger partial charge in [0, 0.05) is 12.3 Å². The Morgan fingerprint density at radius 1 is 1.44 bits per heavy atom. The summed E-state index contributed by atoms with van der Waals surface area (Å²) in [6.07, 6.45) is 4.83. The molecule has 0 atom stereocenters. The predicted octanol–water partition coefficient (Wildman–Crippen LogP) is 0.366. The van der Waals surface area contributed by atoms with E-state index in [9.17, 15) is 4.79 Å². The lowest BCUT2D eigenvalue weighted by Crippen LogP contribution is -2.10. The fourth-order valence-electron chi connectivity index (χ4n) is 1.35. The summed E-state index contributed by atoms with van der Waals surface area (Å²) in [5.41, 5.74) is 0.192. The van der Waals surface area contributed by atoms with E-state index < -0.39 is 0 Å². The number of aromatic nitrogens is 6. The van der Waals surface area contributed by atoms with Crippen LogP contribution in [0.3, 0.4) is 0 Å². The number of H-pyrrole nitrogens is 1. The number of aromatic amines is 1. The Morgan fingerprint density at radius 2 is 2.31 bits per heavy atom. The molecule has 0 fully saturated rings. The molecule has 16 heavy (non-hydrogen) atoms. The van der Waals surface area contributed by atoms with Gasteiger partial charge in [-0.3, -0.25) is 0 Å². The maximum absolute atomic E-state index is 11.2. The molecule has 80 valence electrons. The van der Waals surface area contributed by atoms with Crippen LogP contribution in [0, 0.1) is 0 Å². The van der Waals surface area contributed by atoms with Gasteiger partial charge in [-0.1, -0.05) is 0 Å². The van der Waals surface area contributed by atoms with Gasteiger partial charge >= 0.3 is 5.69 Å². The van der Waals surface area contributed by atoms with Crippen molar-refractivity contribution in [1.82, 2.24) is 29.4 Å². The van der Waals surface area contributed by atoms with Crippen molar-refractivity contribution in [3.63, 3.8) is 0 Å². The first-order valence-electron chi connectivity index (χ1n) is 4.37.